The molecule has 0 aliphatic carbocycles. The van der Waals surface area contributed by atoms with E-state index in [1.807, 2.05) is 0 Å². The van der Waals surface area contributed by atoms with Gasteiger partial charge in [-0.3, -0.25) is 15.0 Å². The van der Waals surface area contributed by atoms with E-state index in [-0.39, 0.29) is 10.6 Å². The molecule has 2 aromatic carbocycles. The Bertz CT molecular complexity index is 975. The highest BCUT2D eigenvalue weighted by atomic mass is 35.5. The van der Waals surface area contributed by atoms with Gasteiger partial charge in [-0.25, -0.2) is 5.01 Å². The molecule has 1 aliphatic rings. The van der Waals surface area contributed by atoms with E-state index in [0.29, 0.717) is 34.4 Å². The van der Waals surface area contributed by atoms with Crippen molar-refractivity contribution in [2.75, 3.05) is 18.7 Å². The van der Waals surface area contributed by atoms with Gasteiger partial charge in [0.25, 0.3) is 11.8 Å². The molecule has 8 heteroatoms. The minimum absolute atomic E-state index is 0.00206. The second-order valence-electron chi connectivity index (χ2n) is 6.35. The fourth-order valence-corrected chi connectivity index (χ4v) is 3.04. The first-order chi connectivity index (χ1) is 13.9. The van der Waals surface area contributed by atoms with Gasteiger partial charge in [-0.1, -0.05) is 42.6 Å². The summed E-state index contributed by atoms with van der Waals surface area (Å²) < 4.78 is 11.1. The molecule has 0 radical (unpaired) electrons. The maximum Gasteiger partial charge on any atom is 0.282 e. The van der Waals surface area contributed by atoms with Crippen molar-refractivity contribution < 1.29 is 19.1 Å². The number of benzene rings is 2. The summed E-state index contributed by atoms with van der Waals surface area (Å²) in [5.41, 5.74) is 3.58. The molecule has 152 valence electrons. The van der Waals surface area contributed by atoms with Gasteiger partial charge < -0.3 is 9.47 Å². The first-order valence-electron chi connectivity index (χ1n) is 9.07. The molecule has 1 aliphatic heterocycles. The monoisotopic (exact) mass is 434 g/mol. The van der Waals surface area contributed by atoms with Gasteiger partial charge in [0.05, 0.1) is 29.4 Å². The van der Waals surface area contributed by atoms with Crippen molar-refractivity contribution in [3.63, 3.8) is 0 Å². The van der Waals surface area contributed by atoms with Gasteiger partial charge in [0.15, 0.2) is 11.5 Å². The number of methoxy groups -OCH3 is 1. The van der Waals surface area contributed by atoms with Gasteiger partial charge in [-0.05, 0) is 48.4 Å². The number of rotatable bonds is 7. The van der Waals surface area contributed by atoms with E-state index >= 15 is 0 Å². The van der Waals surface area contributed by atoms with Crippen LogP contribution < -0.4 is 19.9 Å². The van der Waals surface area contributed by atoms with Crippen LogP contribution >= 0.6 is 23.2 Å². The lowest BCUT2D eigenvalue weighted by Gasteiger charge is -2.15. The Hall–Kier alpha value is -2.70. The highest BCUT2D eigenvalue weighted by Gasteiger charge is 2.34. The van der Waals surface area contributed by atoms with Crippen LogP contribution in [0.25, 0.3) is 6.08 Å². The van der Waals surface area contributed by atoms with Crippen LogP contribution in [0.5, 0.6) is 11.5 Å². The highest BCUT2D eigenvalue weighted by molar-refractivity contribution is 6.42. The fourth-order valence-electron chi connectivity index (χ4n) is 2.75. The second-order valence-corrected chi connectivity index (χ2v) is 7.16. The molecule has 0 spiro atoms. The Balaban J connectivity index is 1.85. The summed E-state index contributed by atoms with van der Waals surface area (Å²) in [6.45, 7) is 2.67. The van der Waals surface area contributed by atoms with E-state index in [9.17, 15) is 9.59 Å². The number of carbonyl (C=O) groups excluding carboxylic acids is 2. The van der Waals surface area contributed by atoms with Crippen molar-refractivity contribution in [1.82, 2.24) is 5.43 Å². The Morgan fingerprint density at radius 3 is 2.55 bits per heavy atom. The summed E-state index contributed by atoms with van der Waals surface area (Å²) in [4.78, 5) is 25.1. The molecule has 1 fully saturated rings. The lowest BCUT2D eigenvalue weighted by molar-refractivity contribution is -0.117. The van der Waals surface area contributed by atoms with E-state index in [1.165, 1.54) is 12.1 Å². The molecule has 29 heavy (non-hydrogen) atoms. The summed E-state index contributed by atoms with van der Waals surface area (Å²) in [5.74, 6) is 0.143. The number of hydrazine groups is 1. The van der Waals surface area contributed by atoms with Crippen LogP contribution in [-0.4, -0.2) is 25.5 Å². The van der Waals surface area contributed by atoms with Gasteiger partial charge in [0, 0.05) is 0 Å². The largest absolute Gasteiger partial charge is 0.493 e. The third-order valence-corrected chi connectivity index (χ3v) is 5.05. The molecule has 1 saturated heterocycles. The number of amides is 2. The van der Waals surface area contributed by atoms with Crippen LogP contribution in [0.2, 0.25) is 10.0 Å². The maximum absolute atomic E-state index is 12.8. The number of hydrogen-bond donors (Lipinski definition) is 1. The van der Waals surface area contributed by atoms with E-state index in [0.717, 1.165) is 17.9 Å². The van der Waals surface area contributed by atoms with E-state index in [2.05, 4.69) is 12.3 Å². The number of nitrogens with one attached hydrogen (secondary N) is 1. The fraction of sp³-hybridized carbons (Fsp3) is 0.238. The number of halogens is 2. The Morgan fingerprint density at radius 1 is 1.07 bits per heavy atom. The Kier molecular flexibility index (Phi) is 6.67. The SMILES string of the molecule is CCCCOc1ccc(C=C2C(=O)NN(c3ccc(Cl)c(Cl)c3)C2=O)cc1OC. The lowest BCUT2D eigenvalue weighted by Crippen LogP contribution is -2.35. The predicted octanol–water partition coefficient (Wildman–Crippen LogP) is 4.64. The molecule has 0 saturated carbocycles. The van der Waals surface area contributed by atoms with Gasteiger partial charge in [0.2, 0.25) is 0 Å². The van der Waals surface area contributed by atoms with Crippen LogP contribution in [0, 0.1) is 0 Å². The van der Waals surface area contributed by atoms with Gasteiger partial charge >= 0.3 is 0 Å². The van der Waals surface area contributed by atoms with Crippen molar-refractivity contribution in [1.29, 1.82) is 0 Å². The third-order valence-electron chi connectivity index (χ3n) is 4.31. The van der Waals surface area contributed by atoms with E-state index in [4.69, 9.17) is 32.7 Å². The third kappa shape index (κ3) is 4.66. The Labute approximate surface area is 179 Å². The van der Waals surface area contributed by atoms with Crippen LogP contribution in [0.3, 0.4) is 0 Å². The zero-order valence-corrected chi connectivity index (χ0v) is 17.5. The lowest BCUT2D eigenvalue weighted by atomic mass is 10.1. The highest BCUT2D eigenvalue weighted by Crippen LogP contribution is 2.31. The molecule has 0 atom stereocenters. The number of ether oxygens (including phenoxy) is 2. The van der Waals surface area contributed by atoms with Gasteiger partial charge in [-0.15, -0.1) is 0 Å². The molecule has 2 amide bonds. The Morgan fingerprint density at radius 2 is 1.86 bits per heavy atom. The molecule has 0 bridgehead atoms. The molecule has 1 N–H and O–H groups in total. The van der Waals surface area contributed by atoms with E-state index in [1.54, 1.807) is 37.4 Å². The first kappa shape index (κ1) is 21.0. The zero-order chi connectivity index (χ0) is 21.0. The van der Waals surface area contributed by atoms with Crippen molar-refractivity contribution in [2.24, 2.45) is 0 Å². The van der Waals surface area contributed by atoms with Crippen LogP contribution in [0.1, 0.15) is 25.3 Å². The molecular formula is C21H20Cl2N2O4. The maximum atomic E-state index is 12.8. The molecule has 2 aromatic rings. The average Bonchev–Trinajstić information content (AvgIpc) is 2.99. The molecular weight excluding hydrogens is 415 g/mol. The molecule has 0 aromatic heterocycles. The van der Waals surface area contributed by atoms with Crippen molar-refractivity contribution in [2.45, 2.75) is 19.8 Å². The van der Waals surface area contributed by atoms with Crippen molar-refractivity contribution in [3.05, 3.63) is 57.6 Å². The number of nitrogens with zero attached hydrogens (tertiary/aromatic N) is 1. The van der Waals surface area contributed by atoms with Gasteiger partial charge in [0.1, 0.15) is 5.57 Å². The standard InChI is InChI=1S/C21H20Cl2N2O4/c1-3-4-9-29-18-8-5-13(11-19(18)28-2)10-15-20(26)24-25(21(15)27)14-6-7-16(22)17(23)12-14/h5-8,10-12H,3-4,9H2,1-2H3,(H,24,26). The molecule has 3 rings (SSSR count). The van der Waals surface area contributed by atoms with Crippen molar-refractivity contribution >= 4 is 46.8 Å². The van der Waals surface area contributed by atoms with Crippen molar-refractivity contribution in [3.8, 4) is 11.5 Å². The topological polar surface area (TPSA) is 67.9 Å². The smallest absolute Gasteiger partial charge is 0.282 e. The minimum atomic E-state index is -0.511. The molecule has 6 nitrogen and oxygen atoms in total. The normalized spacial score (nSPS) is 15.0. The second kappa shape index (κ2) is 9.20. The molecule has 1 heterocycles. The summed E-state index contributed by atoms with van der Waals surface area (Å²) >= 11 is 11.9. The van der Waals surface area contributed by atoms with E-state index < -0.39 is 11.8 Å². The summed E-state index contributed by atoms with van der Waals surface area (Å²) in [6, 6.07) is 9.91. The first-order valence-corrected chi connectivity index (χ1v) is 9.83. The molecule has 0 unspecified atom stereocenters. The zero-order valence-electron chi connectivity index (χ0n) is 16.0. The number of carbonyl (C=O) groups is 2. The number of anilines is 1. The van der Waals surface area contributed by atoms with Crippen LogP contribution in [0.4, 0.5) is 5.69 Å². The summed E-state index contributed by atoms with van der Waals surface area (Å²) in [5, 5.41) is 1.78. The predicted molar refractivity (Wildman–Crippen MR) is 113 cm³/mol. The summed E-state index contributed by atoms with van der Waals surface area (Å²) in [6.07, 6.45) is 3.47. The van der Waals surface area contributed by atoms with Crippen LogP contribution in [0.15, 0.2) is 42.0 Å². The minimum Gasteiger partial charge on any atom is -0.493 e. The average molecular weight is 435 g/mol. The van der Waals surface area contributed by atoms with Gasteiger partial charge in [-0.2, -0.15) is 0 Å². The van der Waals surface area contributed by atoms with Crippen LogP contribution in [-0.2, 0) is 9.59 Å². The number of hydrogen-bond acceptors (Lipinski definition) is 4. The number of unbranched alkanes of at least 4 members (excludes halogenated alkanes) is 1. The quantitative estimate of drug-likeness (QED) is 0.391. The summed E-state index contributed by atoms with van der Waals surface area (Å²) in [7, 11) is 1.54.